The lowest BCUT2D eigenvalue weighted by molar-refractivity contribution is -0.137. The van der Waals surface area contributed by atoms with Gasteiger partial charge < -0.3 is 9.84 Å². The van der Waals surface area contributed by atoms with E-state index in [0.29, 0.717) is 22.5 Å². The molecule has 1 N–H and O–H groups in total. The number of carboxylic acids is 1. The number of hydrogen-bond donors (Lipinski definition) is 1. The van der Waals surface area contributed by atoms with E-state index < -0.39 is 18.2 Å². The van der Waals surface area contributed by atoms with Crippen molar-refractivity contribution in [1.82, 2.24) is 23.9 Å². The average molecular weight is 443 g/mol. The lowest BCUT2D eigenvalue weighted by Gasteiger charge is -2.12. The minimum Gasteiger partial charge on any atom is -0.494 e. The van der Waals surface area contributed by atoms with Crippen molar-refractivity contribution in [3.05, 3.63) is 71.0 Å². The number of ether oxygens (including phenoxy) is 1. The van der Waals surface area contributed by atoms with Crippen LogP contribution >= 0.6 is 0 Å². The van der Waals surface area contributed by atoms with E-state index in [1.165, 1.54) is 16.2 Å². The van der Waals surface area contributed by atoms with E-state index in [1.54, 1.807) is 35.3 Å². The summed E-state index contributed by atoms with van der Waals surface area (Å²) in [5, 5.41) is 14.7. The number of hydrogen-bond acceptors (Lipinski definition) is 5. The molecule has 0 atom stereocenters. The molecule has 0 fully saturated rings. The van der Waals surface area contributed by atoms with Crippen LogP contribution in [0.5, 0.6) is 5.75 Å². The maximum Gasteiger partial charge on any atom is 0.334 e. The van der Waals surface area contributed by atoms with Crippen molar-refractivity contribution in [3.63, 3.8) is 0 Å². The second-order valence-electron chi connectivity index (χ2n) is 7.82. The number of imidazole rings is 1. The molecular formula is C24H21N5O4. The number of methoxy groups -OCH3 is 1. The van der Waals surface area contributed by atoms with Crippen molar-refractivity contribution < 1.29 is 14.6 Å². The summed E-state index contributed by atoms with van der Waals surface area (Å²) in [4.78, 5) is 29.1. The van der Waals surface area contributed by atoms with E-state index in [-0.39, 0.29) is 0 Å². The molecule has 9 nitrogen and oxygen atoms in total. The molecule has 3 aromatic heterocycles. The summed E-state index contributed by atoms with van der Waals surface area (Å²) in [6.07, 6.45) is 5.38. The normalized spacial score (nSPS) is 11.4. The molecule has 0 spiro atoms. The molecule has 0 radical (unpaired) electrons. The first-order valence-corrected chi connectivity index (χ1v) is 10.3. The fraction of sp³-hybridized carbons (Fsp3) is 0.167. The molecule has 0 amide bonds. The molecule has 3 heterocycles. The zero-order valence-corrected chi connectivity index (χ0v) is 18.3. The number of rotatable bonds is 5. The number of aromatic nitrogens is 5. The Labute approximate surface area is 188 Å². The third-order valence-corrected chi connectivity index (χ3v) is 5.85. The molecule has 0 bridgehead atoms. The highest BCUT2D eigenvalue weighted by Gasteiger charge is 2.21. The fourth-order valence-electron chi connectivity index (χ4n) is 4.31. The van der Waals surface area contributed by atoms with E-state index in [1.807, 2.05) is 38.4 Å². The highest BCUT2D eigenvalue weighted by Crippen LogP contribution is 2.32. The van der Waals surface area contributed by atoms with Crippen LogP contribution in [-0.2, 0) is 18.4 Å². The van der Waals surface area contributed by atoms with Crippen LogP contribution in [0.25, 0.3) is 38.8 Å². The van der Waals surface area contributed by atoms with Gasteiger partial charge >= 0.3 is 11.7 Å². The molecule has 0 unspecified atom stereocenters. The van der Waals surface area contributed by atoms with Crippen LogP contribution in [0.1, 0.15) is 5.56 Å². The fourth-order valence-corrected chi connectivity index (χ4v) is 4.31. The molecule has 5 aromatic rings. The molecule has 33 heavy (non-hydrogen) atoms. The molecule has 166 valence electrons. The molecule has 0 aliphatic rings. The smallest absolute Gasteiger partial charge is 0.334 e. The van der Waals surface area contributed by atoms with Gasteiger partial charge in [0.15, 0.2) is 0 Å². The van der Waals surface area contributed by atoms with Gasteiger partial charge in [-0.25, -0.2) is 4.79 Å². The summed E-state index contributed by atoms with van der Waals surface area (Å²) >= 11 is 0. The van der Waals surface area contributed by atoms with Crippen molar-refractivity contribution >= 4 is 27.9 Å². The number of carboxylic acid groups (broad SMARTS) is 1. The van der Waals surface area contributed by atoms with Gasteiger partial charge in [-0.1, -0.05) is 12.1 Å². The largest absolute Gasteiger partial charge is 0.494 e. The van der Waals surface area contributed by atoms with Gasteiger partial charge in [0.25, 0.3) is 0 Å². The summed E-state index contributed by atoms with van der Waals surface area (Å²) in [5.74, 6) is -0.607. The van der Waals surface area contributed by atoms with Crippen LogP contribution in [0.15, 0.2) is 59.8 Å². The van der Waals surface area contributed by atoms with Gasteiger partial charge in [-0.05, 0) is 42.3 Å². The number of aliphatic carboxylic acids is 1. The predicted molar refractivity (Wildman–Crippen MR) is 124 cm³/mol. The van der Waals surface area contributed by atoms with E-state index in [9.17, 15) is 14.7 Å². The Morgan fingerprint density at radius 2 is 1.94 bits per heavy atom. The third kappa shape index (κ3) is 3.16. The first-order chi connectivity index (χ1) is 15.9. The first-order valence-electron chi connectivity index (χ1n) is 10.3. The summed E-state index contributed by atoms with van der Waals surface area (Å²) in [7, 11) is 3.39. The van der Waals surface area contributed by atoms with Crippen molar-refractivity contribution in [2.24, 2.45) is 7.05 Å². The minimum absolute atomic E-state index is 0.441. The standard InChI is InChI=1S/C24H21N5O4/c1-14-9-15(16-10-25-12-20-17(16)11-26-27(20)2)7-8-18(14)29-23-19(5-4-6-21(23)33-3)28(24(29)32)13-22(30)31/h4-12H,13H2,1-3H3,(H,30,31). The number of fused-ring (bicyclic) bond motifs is 2. The molecule has 0 aliphatic carbocycles. The van der Waals surface area contributed by atoms with E-state index in [2.05, 4.69) is 10.1 Å². The molecule has 2 aromatic carbocycles. The van der Waals surface area contributed by atoms with E-state index in [0.717, 1.165) is 27.6 Å². The van der Waals surface area contributed by atoms with Crippen molar-refractivity contribution in [3.8, 4) is 22.6 Å². The van der Waals surface area contributed by atoms with Crippen LogP contribution in [0, 0.1) is 6.92 Å². The van der Waals surface area contributed by atoms with Crippen LogP contribution in [0.4, 0.5) is 0 Å². The minimum atomic E-state index is -1.09. The number of aryl methyl sites for hydroxylation is 2. The second kappa shape index (κ2) is 7.63. The Kier molecular flexibility index (Phi) is 4.74. The molecule has 0 saturated heterocycles. The Hall–Kier alpha value is -4.40. The van der Waals surface area contributed by atoms with Gasteiger partial charge in [0.1, 0.15) is 17.8 Å². The molecule has 5 rings (SSSR count). The highest BCUT2D eigenvalue weighted by molar-refractivity contribution is 5.94. The predicted octanol–water partition coefficient (Wildman–Crippen LogP) is 3.14. The van der Waals surface area contributed by atoms with Crippen LogP contribution in [0.2, 0.25) is 0 Å². The van der Waals surface area contributed by atoms with Gasteiger partial charge in [-0.3, -0.25) is 23.6 Å². The molecular weight excluding hydrogens is 422 g/mol. The van der Waals surface area contributed by atoms with Gasteiger partial charge in [0.2, 0.25) is 0 Å². The van der Waals surface area contributed by atoms with E-state index in [4.69, 9.17) is 4.74 Å². The first kappa shape index (κ1) is 20.5. The number of para-hydroxylation sites is 1. The lowest BCUT2D eigenvalue weighted by Crippen LogP contribution is -2.26. The summed E-state index contributed by atoms with van der Waals surface area (Å²) < 4.78 is 10.0. The maximum atomic E-state index is 13.4. The van der Waals surface area contributed by atoms with Gasteiger partial charge in [-0.15, -0.1) is 0 Å². The Bertz CT molecular complexity index is 1610. The van der Waals surface area contributed by atoms with Gasteiger partial charge in [0, 0.05) is 24.2 Å². The Morgan fingerprint density at radius 3 is 2.67 bits per heavy atom. The zero-order chi connectivity index (χ0) is 23.3. The number of nitrogens with zero attached hydrogens (tertiary/aromatic N) is 5. The highest BCUT2D eigenvalue weighted by atomic mass is 16.5. The third-order valence-electron chi connectivity index (χ3n) is 5.85. The molecule has 9 heteroatoms. The molecule has 0 aliphatic heterocycles. The van der Waals surface area contributed by atoms with Crippen molar-refractivity contribution in [2.45, 2.75) is 13.5 Å². The van der Waals surface area contributed by atoms with Gasteiger partial charge in [0.05, 0.1) is 36.2 Å². The Balaban J connectivity index is 1.74. The van der Waals surface area contributed by atoms with Crippen molar-refractivity contribution in [1.29, 1.82) is 0 Å². The Morgan fingerprint density at radius 1 is 1.12 bits per heavy atom. The van der Waals surface area contributed by atoms with Crippen molar-refractivity contribution in [2.75, 3.05) is 7.11 Å². The average Bonchev–Trinajstić information content (AvgIpc) is 3.31. The van der Waals surface area contributed by atoms with Crippen LogP contribution in [0.3, 0.4) is 0 Å². The van der Waals surface area contributed by atoms with Gasteiger partial charge in [-0.2, -0.15) is 5.10 Å². The lowest BCUT2D eigenvalue weighted by atomic mass is 10.0. The molecule has 0 saturated carbocycles. The van der Waals surface area contributed by atoms with Crippen LogP contribution in [-0.4, -0.2) is 42.1 Å². The summed E-state index contributed by atoms with van der Waals surface area (Å²) in [5.41, 5.74) is 4.87. The quantitative estimate of drug-likeness (QED) is 0.448. The van der Waals surface area contributed by atoms with E-state index >= 15 is 0 Å². The second-order valence-corrected chi connectivity index (χ2v) is 7.82. The topological polar surface area (TPSA) is 104 Å². The van der Waals surface area contributed by atoms with Crippen LogP contribution < -0.4 is 10.4 Å². The number of pyridine rings is 1. The number of benzene rings is 2. The number of carbonyl (C=O) groups is 1. The summed E-state index contributed by atoms with van der Waals surface area (Å²) in [6, 6.07) is 11.0. The monoisotopic (exact) mass is 443 g/mol. The zero-order valence-electron chi connectivity index (χ0n) is 18.3. The summed E-state index contributed by atoms with van der Waals surface area (Å²) in [6.45, 7) is 1.47. The SMILES string of the molecule is COc1cccc2c1n(-c1ccc(-c3cncc4c3cnn4C)cc1C)c(=O)n2CC(=O)O. The maximum absolute atomic E-state index is 13.4.